The quantitative estimate of drug-likeness (QED) is 0.382. The van der Waals surface area contributed by atoms with Gasteiger partial charge in [0.2, 0.25) is 5.91 Å². The Morgan fingerprint density at radius 1 is 1.16 bits per heavy atom. The first-order valence-electron chi connectivity index (χ1n) is 12.1. The molecule has 1 aliphatic rings. The van der Waals surface area contributed by atoms with Crippen molar-refractivity contribution in [2.45, 2.75) is 65.3 Å². The van der Waals surface area contributed by atoms with Gasteiger partial charge in [-0.25, -0.2) is 4.79 Å². The van der Waals surface area contributed by atoms with Crippen LogP contribution in [0.3, 0.4) is 0 Å². The van der Waals surface area contributed by atoms with Crippen molar-refractivity contribution in [1.29, 1.82) is 0 Å². The molecule has 12 nitrogen and oxygen atoms in total. The van der Waals surface area contributed by atoms with Crippen molar-refractivity contribution in [2.24, 2.45) is 5.92 Å². The number of hydrogen-bond acceptors (Lipinski definition) is 7. The third-order valence-corrected chi connectivity index (χ3v) is 5.92. The monoisotopic (exact) mass is 508 g/mol. The van der Waals surface area contributed by atoms with Gasteiger partial charge in [0.05, 0.1) is 12.6 Å². The zero-order valence-corrected chi connectivity index (χ0v) is 21.5. The van der Waals surface area contributed by atoms with E-state index >= 15 is 0 Å². The Balaban J connectivity index is 1.55. The molecule has 0 bridgehead atoms. The number of carbonyl (C=O) groups is 3. The standard InChI is InChI=1S/C25H32N8O4/c1-14(2)21(28-24(36)37-25(3,4)5)16-10-11-17(27-16)23(35)33-18-9-7-6-8-15(18)12-19(33)22(34)26-13-20-29-31-32-30-20/h6-11,14,19,21,27H,12-13H2,1-5H3,(H,26,34)(H,28,36)(H,29,30,31,32)/t19-,21-/m0/s1. The minimum Gasteiger partial charge on any atom is -0.444 e. The lowest BCUT2D eigenvalue weighted by Crippen LogP contribution is -2.48. The first kappa shape index (κ1) is 25.9. The van der Waals surface area contributed by atoms with E-state index in [0.29, 0.717) is 29.3 Å². The summed E-state index contributed by atoms with van der Waals surface area (Å²) in [6.45, 7) is 9.40. The number of para-hydroxylation sites is 1. The minimum absolute atomic E-state index is 0.0188. The van der Waals surface area contributed by atoms with Gasteiger partial charge in [0.15, 0.2) is 5.82 Å². The Morgan fingerprint density at radius 3 is 2.59 bits per heavy atom. The molecule has 0 fully saturated rings. The Bertz CT molecular complexity index is 1260. The second-order valence-electron chi connectivity index (χ2n) is 10.3. The van der Waals surface area contributed by atoms with Crippen LogP contribution in [0.5, 0.6) is 0 Å². The van der Waals surface area contributed by atoms with Gasteiger partial charge >= 0.3 is 6.09 Å². The summed E-state index contributed by atoms with van der Waals surface area (Å²) in [6.07, 6.45) is -0.164. The van der Waals surface area contributed by atoms with E-state index in [2.05, 4.69) is 36.2 Å². The number of anilines is 1. The van der Waals surface area contributed by atoms with Crippen LogP contribution in [0.4, 0.5) is 10.5 Å². The molecule has 4 N–H and O–H groups in total. The molecule has 1 aromatic carbocycles. The Hall–Kier alpha value is -4.22. The number of nitrogens with one attached hydrogen (secondary N) is 4. The van der Waals surface area contributed by atoms with Gasteiger partial charge in [-0.05, 0) is 50.5 Å². The molecule has 0 saturated carbocycles. The zero-order valence-electron chi connectivity index (χ0n) is 21.5. The number of H-pyrrole nitrogens is 2. The maximum atomic E-state index is 13.7. The number of alkyl carbamates (subject to hydrolysis) is 1. The Labute approximate surface area is 214 Å². The van der Waals surface area contributed by atoms with Gasteiger partial charge in [-0.2, -0.15) is 5.21 Å². The highest BCUT2D eigenvalue weighted by molar-refractivity contribution is 6.10. The third-order valence-electron chi connectivity index (χ3n) is 5.92. The molecule has 2 aromatic heterocycles. The maximum Gasteiger partial charge on any atom is 0.408 e. The van der Waals surface area contributed by atoms with Crippen LogP contribution in [0.1, 0.15) is 68.2 Å². The highest BCUT2D eigenvalue weighted by atomic mass is 16.6. The molecule has 1 aliphatic heterocycles. The molecule has 3 heterocycles. The fourth-order valence-electron chi connectivity index (χ4n) is 4.27. The molecule has 37 heavy (non-hydrogen) atoms. The lowest BCUT2D eigenvalue weighted by Gasteiger charge is -2.26. The van der Waals surface area contributed by atoms with E-state index in [-0.39, 0.29) is 24.3 Å². The van der Waals surface area contributed by atoms with Crippen molar-refractivity contribution in [3.8, 4) is 0 Å². The van der Waals surface area contributed by atoms with E-state index in [0.717, 1.165) is 5.56 Å². The summed E-state index contributed by atoms with van der Waals surface area (Å²) in [5.41, 5.74) is 1.91. The Morgan fingerprint density at radius 2 is 1.92 bits per heavy atom. The third kappa shape index (κ3) is 5.96. The number of nitrogens with zero attached hydrogens (tertiary/aromatic N) is 4. The highest BCUT2D eigenvalue weighted by Gasteiger charge is 2.39. The largest absolute Gasteiger partial charge is 0.444 e. The van der Waals surface area contributed by atoms with Crippen molar-refractivity contribution in [2.75, 3.05) is 4.90 Å². The van der Waals surface area contributed by atoms with E-state index < -0.39 is 23.8 Å². The second-order valence-corrected chi connectivity index (χ2v) is 10.3. The number of fused-ring (bicyclic) bond motifs is 1. The number of rotatable bonds is 7. The highest BCUT2D eigenvalue weighted by Crippen LogP contribution is 2.34. The molecule has 4 rings (SSSR count). The number of aromatic nitrogens is 5. The maximum absolute atomic E-state index is 13.7. The van der Waals surface area contributed by atoms with E-state index in [9.17, 15) is 14.4 Å². The molecule has 3 aromatic rings. The van der Waals surface area contributed by atoms with Crippen LogP contribution >= 0.6 is 0 Å². The van der Waals surface area contributed by atoms with Gasteiger partial charge in [-0.15, -0.1) is 10.2 Å². The van der Waals surface area contributed by atoms with Crippen LogP contribution in [-0.4, -0.2) is 55.2 Å². The van der Waals surface area contributed by atoms with Crippen molar-refractivity contribution >= 4 is 23.6 Å². The lowest BCUT2D eigenvalue weighted by molar-refractivity contribution is -0.122. The van der Waals surface area contributed by atoms with Crippen molar-refractivity contribution in [3.63, 3.8) is 0 Å². The average molecular weight is 509 g/mol. The molecule has 12 heteroatoms. The fraction of sp³-hybridized carbons (Fsp3) is 0.440. The smallest absolute Gasteiger partial charge is 0.408 e. The fourth-order valence-corrected chi connectivity index (χ4v) is 4.27. The van der Waals surface area contributed by atoms with Gasteiger partial charge in [0, 0.05) is 17.8 Å². The van der Waals surface area contributed by atoms with Crippen LogP contribution in [0.15, 0.2) is 36.4 Å². The van der Waals surface area contributed by atoms with Crippen LogP contribution in [0, 0.1) is 5.92 Å². The summed E-state index contributed by atoms with van der Waals surface area (Å²) in [4.78, 5) is 43.9. The Kier molecular flexibility index (Phi) is 7.28. The lowest BCUT2D eigenvalue weighted by atomic mass is 10.0. The summed E-state index contributed by atoms with van der Waals surface area (Å²) < 4.78 is 5.41. The van der Waals surface area contributed by atoms with E-state index in [1.54, 1.807) is 32.9 Å². The zero-order chi connectivity index (χ0) is 26.7. The predicted molar refractivity (Wildman–Crippen MR) is 135 cm³/mol. The van der Waals surface area contributed by atoms with E-state index in [4.69, 9.17) is 4.74 Å². The summed E-state index contributed by atoms with van der Waals surface area (Å²) in [5.74, 6) is -0.318. The van der Waals surface area contributed by atoms with Crippen LogP contribution in [0.2, 0.25) is 0 Å². The average Bonchev–Trinajstić information content (AvgIpc) is 3.59. The molecule has 0 spiro atoms. The number of tetrazole rings is 1. The van der Waals surface area contributed by atoms with Gasteiger partial charge in [0.1, 0.15) is 17.3 Å². The summed E-state index contributed by atoms with van der Waals surface area (Å²) in [5, 5.41) is 19.2. The molecule has 2 atom stereocenters. The van der Waals surface area contributed by atoms with Crippen LogP contribution in [-0.2, 0) is 22.5 Å². The van der Waals surface area contributed by atoms with Crippen LogP contribution < -0.4 is 15.5 Å². The molecule has 196 valence electrons. The number of amides is 3. The second kappa shape index (κ2) is 10.4. The molecule has 3 amide bonds. The van der Waals surface area contributed by atoms with Gasteiger partial charge in [0.25, 0.3) is 5.91 Å². The van der Waals surface area contributed by atoms with Crippen molar-refractivity contribution in [1.82, 2.24) is 36.2 Å². The van der Waals surface area contributed by atoms with Gasteiger partial charge in [-0.3, -0.25) is 14.5 Å². The van der Waals surface area contributed by atoms with Crippen molar-refractivity contribution < 1.29 is 19.1 Å². The number of hydrogen-bond donors (Lipinski definition) is 4. The molecule has 0 radical (unpaired) electrons. The number of carbonyl (C=O) groups excluding carboxylic acids is 3. The van der Waals surface area contributed by atoms with Gasteiger partial charge in [-0.1, -0.05) is 37.3 Å². The summed E-state index contributed by atoms with van der Waals surface area (Å²) >= 11 is 0. The predicted octanol–water partition coefficient (Wildman–Crippen LogP) is 2.64. The topological polar surface area (TPSA) is 158 Å². The molecule has 0 aliphatic carbocycles. The summed E-state index contributed by atoms with van der Waals surface area (Å²) in [6, 6.07) is 9.72. The SMILES string of the molecule is CC(C)[C@H](NC(=O)OC(C)(C)C)c1ccc(C(=O)N2c3ccccc3C[C@H]2C(=O)NCc2nn[nH]n2)[nH]1. The van der Waals surface area contributed by atoms with Crippen molar-refractivity contribution in [3.05, 3.63) is 59.2 Å². The first-order valence-corrected chi connectivity index (χ1v) is 12.1. The minimum atomic E-state index is -0.746. The summed E-state index contributed by atoms with van der Waals surface area (Å²) in [7, 11) is 0. The number of aromatic amines is 2. The van der Waals surface area contributed by atoms with E-state index in [1.807, 2.05) is 38.1 Å². The van der Waals surface area contributed by atoms with E-state index in [1.165, 1.54) is 4.90 Å². The molecule has 0 unspecified atom stereocenters. The molecule has 0 saturated heterocycles. The normalized spacial score (nSPS) is 15.8. The number of benzene rings is 1. The molecular weight excluding hydrogens is 476 g/mol. The van der Waals surface area contributed by atoms with Crippen LogP contribution in [0.25, 0.3) is 0 Å². The van der Waals surface area contributed by atoms with Gasteiger partial charge < -0.3 is 20.4 Å². The molecular formula is C25H32N8O4. The first-order chi connectivity index (χ1) is 17.5. The number of ether oxygens (including phenoxy) is 1.